The van der Waals surface area contributed by atoms with E-state index in [4.69, 9.17) is 6.57 Å². The Morgan fingerprint density at radius 1 is 0.319 bits per heavy atom. The summed E-state index contributed by atoms with van der Waals surface area (Å²) in [5, 5.41) is 6.14. The van der Waals surface area contributed by atoms with E-state index in [9.17, 15) is 13.2 Å². The largest absolute Gasteiger partial charge is 0.416 e. The van der Waals surface area contributed by atoms with Gasteiger partial charge in [0.05, 0.1) is 23.5 Å². The van der Waals surface area contributed by atoms with Crippen molar-refractivity contribution < 1.29 is 13.2 Å². The van der Waals surface area contributed by atoms with Gasteiger partial charge in [-0.15, -0.1) is 0 Å². The molecule has 0 bridgehead atoms. The van der Waals surface area contributed by atoms with Crippen molar-refractivity contribution in [3.8, 4) is 44.5 Å². The summed E-state index contributed by atoms with van der Waals surface area (Å²) in [7, 11) is 0. The predicted molar refractivity (Wildman–Crippen MR) is 293 cm³/mol. The maximum atomic E-state index is 14.2. The number of hydrogen-bond acceptors (Lipinski definition) is 2. The second-order valence-corrected chi connectivity index (χ2v) is 17.9. The fourth-order valence-electron chi connectivity index (χ4n) is 10.2. The Bertz CT molecular complexity index is 3830. The molecular weight excluding hydrogens is 892 g/mol. The monoisotopic (exact) mass is 933 g/mol. The van der Waals surface area contributed by atoms with E-state index >= 15 is 0 Å². The van der Waals surface area contributed by atoms with Gasteiger partial charge in [0, 0.05) is 33.5 Å². The summed E-state index contributed by atoms with van der Waals surface area (Å²) in [6.07, 6.45) is -4.50. The number of alkyl halides is 3. The van der Waals surface area contributed by atoms with Crippen LogP contribution in [-0.2, 0) is 6.18 Å². The number of benzene rings is 12. The van der Waals surface area contributed by atoms with Gasteiger partial charge in [0.1, 0.15) is 0 Å². The number of halogens is 3. The minimum atomic E-state index is -4.50. The molecule has 72 heavy (non-hydrogen) atoms. The van der Waals surface area contributed by atoms with E-state index in [0.29, 0.717) is 11.4 Å². The third-order valence-corrected chi connectivity index (χ3v) is 13.6. The van der Waals surface area contributed by atoms with Crippen LogP contribution in [0.25, 0.3) is 81.7 Å². The predicted octanol–water partition coefficient (Wildman–Crippen LogP) is 19.8. The van der Waals surface area contributed by atoms with Crippen molar-refractivity contribution in [3.05, 3.63) is 272 Å². The first-order valence-electron chi connectivity index (χ1n) is 23.7. The van der Waals surface area contributed by atoms with Crippen LogP contribution in [0.1, 0.15) is 5.56 Å². The van der Waals surface area contributed by atoms with E-state index in [1.165, 1.54) is 12.1 Å². The van der Waals surface area contributed by atoms with Crippen molar-refractivity contribution in [3.63, 3.8) is 0 Å². The smallest absolute Gasteiger partial charge is 0.310 e. The van der Waals surface area contributed by atoms with Gasteiger partial charge in [-0.3, -0.25) is 0 Å². The van der Waals surface area contributed by atoms with E-state index in [1.807, 2.05) is 72.8 Å². The zero-order chi connectivity index (χ0) is 48.8. The third-order valence-electron chi connectivity index (χ3n) is 13.6. The minimum Gasteiger partial charge on any atom is -0.310 e. The molecule has 0 aliphatic heterocycles. The summed E-state index contributed by atoms with van der Waals surface area (Å²) in [6, 6.07) is 84.7. The Morgan fingerprint density at radius 2 is 0.653 bits per heavy atom. The van der Waals surface area contributed by atoms with Crippen molar-refractivity contribution in [1.82, 2.24) is 0 Å². The molecule has 0 fully saturated rings. The zero-order valence-electron chi connectivity index (χ0n) is 38.7. The van der Waals surface area contributed by atoms with Gasteiger partial charge in [-0.1, -0.05) is 170 Å². The molecule has 342 valence electrons. The summed E-state index contributed by atoms with van der Waals surface area (Å²) >= 11 is 0. The zero-order valence-corrected chi connectivity index (χ0v) is 38.7. The average Bonchev–Trinajstić information content (AvgIpc) is 3.44. The summed E-state index contributed by atoms with van der Waals surface area (Å²) in [6.45, 7) is 7.78. The molecule has 6 heteroatoms. The fourth-order valence-corrected chi connectivity index (χ4v) is 10.2. The van der Waals surface area contributed by atoms with Gasteiger partial charge in [-0.05, 0) is 151 Å². The highest BCUT2D eigenvalue weighted by molar-refractivity contribution is 6.28. The van der Waals surface area contributed by atoms with Gasteiger partial charge < -0.3 is 9.80 Å². The lowest BCUT2D eigenvalue weighted by Crippen LogP contribution is -2.12. The quantitative estimate of drug-likeness (QED) is 0.0999. The number of nitrogens with zero attached hydrogens (tertiary/aromatic N) is 3. The maximum Gasteiger partial charge on any atom is 0.416 e. The van der Waals surface area contributed by atoms with Crippen molar-refractivity contribution in [2.24, 2.45) is 0 Å². The molecule has 0 radical (unpaired) electrons. The van der Waals surface area contributed by atoms with Gasteiger partial charge >= 0.3 is 6.18 Å². The molecule has 12 rings (SSSR count). The van der Waals surface area contributed by atoms with Crippen LogP contribution in [0.2, 0.25) is 0 Å². The van der Waals surface area contributed by atoms with Crippen LogP contribution in [0.4, 0.5) is 53.0 Å². The first-order chi connectivity index (χ1) is 35.3. The second kappa shape index (κ2) is 18.1. The topological polar surface area (TPSA) is 10.8 Å². The molecule has 0 saturated heterocycles. The molecule has 12 aromatic carbocycles. The molecule has 0 amide bonds. The van der Waals surface area contributed by atoms with E-state index in [-0.39, 0.29) is 0 Å². The summed E-state index contributed by atoms with van der Waals surface area (Å²) in [5.41, 5.74) is 13.1. The molecule has 0 N–H and O–H groups in total. The number of anilines is 6. The van der Waals surface area contributed by atoms with E-state index in [1.54, 1.807) is 12.1 Å². The standard InChI is InChI=1S/C66H42F3N3/c1-70-55-28-32-57(33-29-55)72(59-42-52(46-18-10-4-11-19-46)39-53(43-59)47-20-12-5-13-21-47)63-37-25-49-22-34-60-62(36-24-48-23-35-61(63)65(49)64(48)60)71(56-30-26-54(27-31-56)66(67,68)69)58-40-50(44-14-6-2-7-15-44)38-51(41-58)45-16-8-3-9-17-45/h2-43H. The summed E-state index contributed by atoms with van der Waals surface area (Å²) < 4.78 is 42.6. The summed E-state index contributed by atoms with van der Waals surface area (Å²) in [4.78, 5) is 8.11. The van der Waals surface area contributed by atoms with Crippen LogP contribution >= 0.6 is 0 Å². The van der Waals surface area contributed by atoms with E-state index in [0.717, 1.165) is 105 Å². The van der Waals surface area contributed by atoms with Crippen LogP contribution in [0.5, 0.6) is 0 Å². The van der Waals surface area contributed by atoms with Gasteiger partial charge in [0.25, 0.3) is 0 Å². The van der Waals surface area contributed by atoms with Crippen LogP contribution < -0.4 is 9.80 Å². The molecule has 12 aromatic rings. The highest BCUT2D eigenvalue weighted by Crippen LogP contribution is 2.49. The van der Waals surface area contributed by atoms with Crippen molar-refractivity contribution in [1.29, 1.82) is 0 Å². The van der Waals surface area contributed by atoms with Crippen molar-refractivity contribution in [2.75, 3.05) is 9.80 Å². The van der Waals surface area contributed by atoms with Crippen LogP contribution in [0, 0.1) is 6.57 Å². The fraction of sp³-hybridized carbons (Fsp3) is 0.0152. The van der Waals surface area contributed by atoms with E-state index in [2.05, 4.69) is 172 Å². The van der Waals surface area contributed by atoms with Crippen LogP contribution in [0.3, 0.4) is 0 Å². The lowest BCUT2D eigenvalue weighted by Gasteiger charge is -2.30. The second-order valence-electron chi connectivity index (χ2n) is 17.9. The Hall–Kier alpha value is -9.44. The third kappa shape index (κ3) is 8.13. The lowest BCUT2D eigenvalue weighted by atomic mass is 9.91. The Balaban J connectivity index is 1.11. The average molecular weight is 934 g/mol. The molecule has 0 saturated carbocycles. The molecule has 3 nitrogen and oxygen atoms in total. The molecule has 0 atom stereocenters. The number of hydrogen-bond donors (Lipinski definition) is 0. The SMILES string of the molecule is [C-]#[N+]c1ccc(N(c2cc(-c3ccccc3)cc(-c3ccccc3)c2)c2ccc3ccc4c(N(c5ccc(C(F)(F)F)cc5)c5cc(-c6ccccc6)cc(-c6ccccc6)c5)ccc5ccc2c3c54)cc1. The maximum absolute atomic E-state index is 14.2. The Labute approximate surface area is 415 Å². The van der Waals surface area contributed by atoms with Crippen molar-refractivity contribution in [2.45, 2.75) is 6.18 Å². The van der Waals surface area contributed by atoms with E-state index < -0.39 is 11.7 Å². The first-order valence-corrected chi connectivity index (χ1v) is 23.7. The van der Waals surface area contributed by atoms with Gasteiger partial charge in [-0.25, -0.2) is 4.85 Å². The molecule has 0 aliphatic carbocycles. The van der Waals surface area contributed by atoms with Crippen LogP contribution in [0.15, 0.2) is 255 Å². The van der Waals surface area contributed by atoms with Gasteiger partial charge in [0.15, 0.2) is 5.69 Å². The Morgan fingerprint density at radius 3 is 0.986 bits per heavy atom. The molecule has 0 aromatic heterocycles. The normalized spacial score (nSPS) is 11.5. The Kier molecular flexibility index (Phi) is 11.0. The number of rotatable bonds is 10. The first kappa shape index (κ1) is 43.8. The molecular formula is C66H42F3N3. The minimum absolute atomic E-state index is 0.549. The molecule has 0 aliphatic rings. The summed E-state index contributed by atoms with van der Waals surface area (Å²) in [5.74, 6) is 0. The lowest BCUT2D eigenvalue weighted by molar-refractivity contribution is -0.137. The highest BCUT2D eigenvalue weighted by atomic mass is 19.4. The van der Waals surface area contributed by atoms with Gasteiger partial charge in [0.2, 0.25) is 0 Å². The van der Waals surface area contributed by atoms with Crippen LogP contribution in [-0.4, -0.2) is 0 Å². The van der Waals surface area contributed by atoms with Crippen molar-refractivity contribution >= 4 is 72.1 Å². The molecule has 0 unspecified atom stereocenters. The highest BCUT2D eigenvalue weighted by Gasteiger charge is 2.31. The molecule has 0 heterocycles. The van der Waals surface area contributed by atoms with Gasteiger partial charge in [-0.2, -0.15) is 13.2 Å². The molecule has 0 spiro atoms.